The van der Waals surface area contributed by atoms with Gasteiger partial charge in [-0.15, -0.1) is 12.4 Å². The van der Waals surface area contributed by atoms with E-state index in [0.29, 0.717) is 17.9 Å². The second-order valence-corrected chi connectivity index (χ2v) is 8.15. The molecule has 0 aromatic carbocycles. The molecular weight excluding hydrogens is 296 g/mol. The lowest BCUT2D eigenvalue weighted by Gasteiger charge is -2.46. The molecule has 0 radical (unpaired) electrons. The van der Waals surface area contributed by atoms with E-state index < -0.39 is 0 Å². The molecule has 0 atom stereocenters. The third kappa shape index (κ3) is 4.17. The Hall–Kier alpha value is -0.280. The van der Waals surface area contributed by atoms with Crippen LogP contribution in [0.15, 0.2) is 0 Å². The maximum Gasteiger partial charge on any atom is 0.228 e. The lowest BCUT2D eigenvalue weighted by Crippen LogP contribution is -2.53. The van der Waals surface area contributed by atoms with Gasteiger partial charge in [0.25, 0.3) is 0 Å². The average Bonchev–Trinajstić information content (AvgIpc) is 3.24. The van der Waals surface area contributed by atoms with Crippen molar-refractivity contribution in [1.82, 2.24) is 10.2 Å². The lowest BCUT2D eigenvalue weighted by molar-refractivity contribution is -0.150. The van der Waals surface area contributed by atoms with Gasteiger partial charge in [0.1, 0.15) is 0 Å². The summed E-state index contributed by atoms with van der Waals surface area (Å²) < 4.78 is 0. The molecule has 0 unspecified atom stereocenters. The minimum Gasteiger partial charge on any atom is -0.342 e. The molecule has 1 amide bonds. The van der Waals surface area contributed by atoms with Crippen molar-refractivity contribution in [2.45, 2.75) is 71.3 Å². The molecular formula is C18H33ClN2O. The Morgan fingerprint density at radius 1 is 1.18 bits per heavy atom. The first-order valence-electron chi connectivity index (χ1n) is 9.12. The number of halogens is 1. The highest BCUT2D eigenvalue weighted by Crippen LogP contribution is 2.47. The SMILES string of the molecule is CC(C)CC1(C(=O)N2CCC(NCC3CC3)CC2)CCC1.Cl. The zero-order chi connectivity index (χ0) is 14.9. The van der Waals surface area contributed by atoms with Crippen molar-refractivity contribution in [3.63, 3.8) is 0 Å². The maximum atomic E-state index is 12.9. The highest BCUT2D eigenvalue weighted by Gasteiger charge is 2.46. The van der Waals surface area contributed by atoms with E-state index in [9.17, 15) is 4.79 Å². The van der Waals surface area contributed by atoms with Gasteiger partial charge in [-0.05, 0) is 63.3 Å². The summed E-state index contributed by atoms with van der Waals surface area (Å²) >= 11 is 0. The number of hydrogen-bond donors (Lipinski definition) is 1. The third-order valence-corrected chi connectivity index (χ3v) is 5.74. The third-order valence-electron chi connectivity index (χ3n) is 5.74. The van der Waals surface area contributed by atoms with E-state index in [1.807, 2.05) is 0 Å². The van der Waals surface area contributed by atoms with Gasteiger partial charge in [-0.25, -0.2) is 0 Å². The van der Waals surface area contributed by atoms with Crippen molar-refractivity contribution < 1.29 is 4.79 Å². The predicted molar refractivity (Wildman–Crippen MR) is 93.3 cm³/mol. The number of nitrogens with one attached hydrogen (secondary N) is 1. The second kappa shape index (κ2) is 7.53. The molecule has 1 N–H and O–H groups in total. The Balaban J connectivity index is 0.00000176. The van der Waals surface area contributed by atoms with Crippen LogP contribution in [-0.2, 0) is 4.79 Å². The van der Waals surface area contributed by atoms with Crippen LogP contribution in [0.25, 0.3) is 0 Å². The predicted octanol–water partition coefficient (Wildman–Crippen LogP) is 3.62. The minimum absolute atomic E-state index is 0. The molecule has 0 aromatic rings. The maximum absolute atomic E-state index is 12.9. The molecule has 2 aliphatic carbocycles. The molecule has 3 fully saturated rings. The molecule has 0 aromatic heterocycles. The molecule has 0 bridgehead atoms. The van der Waals surface area contributed by atoms with Crippen LogP contribution < -0.4 is 5.32 Å². The number of hydrogen-bond acceptors (Lipinski definition) is 2. The van der Waals surface area contributed by atoms with E-state index in [2.05, 4.69) is 24.1 Å². The molecule has 22 heavy (non-hydrogen) atoms. The summed E-state index contributed by atoms with van der Waals surface area (Å²) in [5.74, 6) is 2.06. The second-order valence-electron chi connectivity index (χ2n) is 8.15. The van der Waals surface area contributed by atoms with Gasteiger partial charge in [-0.1, -0.05) is 20.3 Å². The van der Waals surface area contributed by atoms with Gasteiger partial charge < -0.3 is 10.2 Å². The molecule has 0 spiro atoms. The molecule has 1 aliphatic heterocycles. The minimum atomic E-state index is 0. The van der Waals surface area contributed by atoms with Crippen molar-refractivity contribution in [2.24, 2.45) is 17.3 Å². The molecule has 1 saturated heterocycles. The number of amides is 1. The van der Waals surface area contributed by atoms with E-state index >= 15 is 0 Å². The molecule has 1 heterocycles. The first kappa shape index (κ1) is 18.1. The van der Waals surface area contributed by atoms with Crippen LogP contribution in [0.3, 0.4) is 0 Å². The Kier molecular flexibility index (Phi) is 6.18. The van der Waals surface area contributed by atoms with E-state index in [1.165, 1.54) is 25.8 Å². The number of carbonyl (C=O) groups excluding carboxylic acids is 1. The summed E-state index contributed by atoms with van der Waals surface area (Å²) in [6.07, 6.45) is 9.73. The lowest BCUT2D eigenvalue weighted by atomic mass is 9.63. The van der Waals surface area contributed by atoms with Gasteiger partial charge in [-0.2, -0.15) is 0 Å². The van der Waals surface area contributed by atoms with Gasteiger partial charge in [-0.3, -0.25) is 4.79 Å². The topological polar surface area (TPSA) is 32.3 Å². The van der Waals surface area contributed by atoms with E-state index in [0.717, 1.165) is 51.1 Å². The molecule has 3 nitrogen and oxygen atoms in total. The molecule has 128 valence electrons. The van der Waals surface area contributed by atoms with Crippen LogP contribution in [0.1, 0.15) is 65.2 Å². The number of carbonyl (C=O) groups is 1. The number of nitrogens with zero attached hydrogens (tertiary/aromatic N) is 1. The average molecular weight is 329 g/mol. The van der Waals surface area contributed by atoms with Gasteiger partial charge >= 0.3 is 0 Å². The fraction of sp³-hybridized carbons (Fsp3) is 0.944. The summed E-state index contributed by atoms with van der Waals surface area (Å²) in [4.78, 5) is 15.1. The summed E-state index contributed by atoms with van der Waals surface area (Å²) in [6, 6.07) is 0.650. The molecule has 3 aliphatic rings. The Morgan fingerprint density at radius 3 is 2.27 bits per heavy atom. The van der Waals surface area contributed by atoms with Crippen LogP contribution >= 0.6 is 12.4 Å². The zero-order valence-electron chi connectivity index (χ0n) is 14.3. The Morgan fingerprint density at radius 2 is 1.82 bits per heavy atom. The smallest absolute Gasteiger partial charge is 0.228 e. The molecule has 3 rings (SSSR count). The highest BCUT2D eigenvalue weighted by molar-refractivity contribution is 5.85. The standard InChI is InChI=1S/C18H32N2O.ClH/c1-14(2)12-18(8-3-9-18)17(21)20-10-6-16(7-11-20)19-13-15-4-5-15;/h14-16,19H,3-13H2,1-2H3;1H. The van der Waals surface area contributed by atoms with Crippen LogP contribution in [0.2, 0.25) is 0 Å². The van der Waals surface area contributed by atoms with E-state index in [4.69, 9.17) is 0 Å². The number of likely N-dealkylation sites (tertiary alicyclic amines) is 1. The van der Waals surface area contributed by atoms with Crippen LogP contribution in [0, 0.1) is 17.3 Å². The van der Waals surface area contributed by atoms with Crippen molar-refractivity contribution in [3.05, 3.63) is 0 Å². The molecule has 4 heteroatoms. The van der Waals surface area contributed by atoms with Crippen LogP contribution in [0.4, 0.5) is 0 Å². The normalized spacial score (nSPS) is 24.8. The fourth-order valence-corrected chi connectivity index (χ4v) is 4.17. The van der Waals surface area contributed by atoms with Gasteiger partial charge in [0, 0.05) is 24.5 Å². The van der Waals surface area contributed by atoms with Crippen LogP contribution in [-0.4, -0.2) is 36.5 Å². The summed E-state index contributed by atoms with van der Waals surface area (Å²) in [5.41, 5.74) is 0.0163. The zero-order valence-corrected chi connectivity index (χ0v) is 15.1. The van der Waals surface area contributed by atoms with Gasteiger partial charge in [0.2, 0.25) is 5.91 Å². The van der Waals surface area contributed by atoms with Crippen LogP contribution in [0.5, 0.6) is 0 Å². The highest BCUT2D eigenvalue weighted by atomic mass is 35.5. The van der Waals surface area contributed by atoms with E-state index in [1.54, 1.807) is 0 Å². The fourth-order valence-electron chi connectivity index (χ4n) is 4.17. The van der Waals surface area contributed by atoms with Gasteiger partial charge in [0.05, 0.1) is 0 Å². The molecule has 2 saturated carbocycles. The monoisotopic (exact) mass is 328 g/mol. The largest absolute Gasteiger partial charge is 0.342 e. The Labute approximate surface area is 142 Å². The first-order chi connectivity index (χ1) is 10.1. The summed E-state index contributed by atoms with van der Waals surface area (Å²) in [7, 11) is 0. The number of rotatable bonds is 6. The van der Waals surface area contributed by atoms with Crippen molar-refractivity contribution in [1.29, 1.82) is 0 Å². The number of piperidine rings is 1. The van der Waals surface area contributed by atoms with Gasteiger partial charge in [0.15, 0.2) is 0 Å². The summed E-state index contributed by atoms with van der Waals surface area (Å²) in [5, 5.41) is 3.70. The Bertz CT molecular complexity index is 369. The van der Waals surface area contributed by atoms with Crippen molar-refractivity contribution >= 4 is 18.3 Å². The van der Waals surface area contributed by atoms with Crippen molar-refractivity contribution in [3.8, 4) is 0 Å². The summed E-state index contributed by atoms with van der Waals surface area (Å²) in [6.45, 7) is 7.65. The first-order valence-corrected chi connectivity index (χ1v) is 9.12. The quantitative estimate of drug-likeness (QED) is 0.807. The van der Waals surface area contributed by atoms with E-state index in [-0.39, 0.29) is 17.8 Å². The van der Waals surface area contributed by atoms with Crippen molar-refractivity contribution in [2.75, 3.05) is 19.6 Å².